The maximum absolute atomic E-state index is 12.9. The Hall–Kier alpha value is -3.47. The molecule has 28 heavy (non-hydrogen) atoms. The van der Waals surface area contributed by atoms with Crippen LogP contribution in [-0.2, 0) is 6.54 Å². The Morgan fingerprint density at radius 1 is 1.00 bits per heavy atom. The smallest absolute Gasteiger partial charge is 0.276 e. The van der Waals surface area contributed by atoms with Crippen LogP contribution in [0.5, 0.6) is 0 Å². The van der Waals surface area contributed by atoms with Gasteiger partial charge in [0.1, 0.15) is 5.69 Å². The van der Waals surface area contributed by atoms with Gasteiger partial charge in [-0.05, 0) is 43.7 Å². The molecule has 0 spiro atoms. The van der Waals surface area contributed by atoms with Crippen molar-refractivity contribution in [3.05, 3.63) is 95.3 Å². The Bertz CT molecular complexity index is 970. The molecule has 5 nitrogen and oxygen atoms in total. The highest BCUT2D eigenvalue weighted by atomic mass is 16.2. The maximum Gasteiger partial charge on any atom is 0.276 e. The standard InChI is InChI=1S/C23H23N3O2/c1-3-26(20-10-5-4-6-11-20)23(28)21-15-19(12-13-24-21)22(27)25-16-18-9-7-8-17(2)14-18/h4-15H,3,16H2,1-2H3,(H,25,27). The van der Waals surface area contributed by atoms with Crippen molar-refractivity contribution in [3.63, 3.8) is 0 Å². The number of aromatic nitrogens is 1. The van der Waals surface area contributed by atoms with Gasteiger partial charge in [0.25, 0.3) is 11.8 Å². The molecule has 3 aromatic rings. The number of pyridine rings is 1. The lowest BCUT2D eigenvalue weighted by atomic mass is 10.1. The summed E-state index contributed by atoms with van der Waals surface area (Å²) in [5.41, 5.74) is 3.62. The molecule has 0 aliphatic heterocycles. The third-order valence-corrected chi connectivity index (χ3v) is 4.41. The normalized spacial score (nSPS) is 10.4. The topological polar surface area (TPSA) is 62.3 Å². The van der Waals surface area contributed by atoms with E-state index in [9.17, 15) is 9.59 Å². The van der Waals surface area contributed by atoms with Gasteiger partial charge < -0.3 is 10.2 Å². The van der Waals surface area contributed by atoms with Gasteiger partial charge >= 0.3 is 0 Å². The van der Waals surface area contributed by atoms with Crippen LogP contribution >= 0.6 is 0 Å². The molecule has 0 aliphatic rings. The van der Waals surface area contributed by atoms with E-state index in [0.717, 1.165) is 16.8 Å². The Morgan fingerprint density at radius 2 is 1.79 bits per heavy atom. The fourth-order valence-electron chi connectivity index (χ4n) is 2.98. The molecule has 0 saturated carbocycles. The summed E-state index contributed by atoms with van der Waals surface area (Å²) in [5, 5.41) is 2.89. The number of carbonyl (C=O) groups is 2. The molecule has 1 N–H and O–H groups in total. The van der Waals surface area contributed by atoms with E-state index in [2.05, 4.69) is 10.3 Å². The predicted molar refractivity (Wildman–Crippen MR) is 110 cm³/mol. The summed E-state index contributed by atoms with van der Waals surface area (Å²) in [6.45, 7) is 4.85. The van der Waals surface area contributed by atoms with Crippen molar-refractivity contribution >= 4 is 17.5 Å². The third kappa shape index (κ3) is 4.62. The second-order valence-corrected chi connectivity index (χ2v) is 6.49. The molecular formula is C23H23N3O2. The van der Waals surface area contributed by atoms with Gasteiger partial charge in [-0.15, -0.1) is 0 Å². The average Bonchev–Trinajstić information content (AvgIpc) is 2.73. The number of carbonyl (C=O) groups excluding carboxylic acids is 2. The Labute approximate surface area is 165 Å². The van der Waals surface area contributed by atoms with Crippen molar-refractivity contribution in [2.45, 2.75) is 20.4 Å². The number of hydrogen-bond donors (Lipinski definition) is 1. The predicted octanol–water partition coefficient (Wildman–Crippen LogP) is 3.99. The molecule has 142 valence electrons. The van der Waals surface area contributed by atoms with Gasteiger partial charge in [-0.3, -0.25) is 14.6 Å². The molecule has 1 aromatic heterocycles. The van der Waals surface area contributed by atoms with E-state index in [4.69, 9.17) is 0 Å². The molecule has 2 amide bonds. The number of nitrogens with one attached hydrogen (secondary N) is 1. The lowest BCUT2D eigenvalue weighted by Crippen LogP contribution is -2.31. The fourth-order valence-corrected chi connectivity index (χ4v) is 2.98. The molecule has 0 saturated heterocycles. The first kappa shape index (κ1) is 19.3. The number of para-hydroxylation sites is 1. The third-order valence-electron chi connectivity index (χ3n) is 4.41. The number of nitrogens with zero attached hydrogens (tertiary/aromatic N) is 2. The largest absolute Gasteiger partial charge is 0.348 e. The first-order chi connectivity index (χ1) is 13.6. The molecule has 0 atom stereocenters. The molecule has 0 fully saturated rings. The lowest BCUT2D eigenvalue weighted by molar-refractivity contribution is 0.0950. The zero-order chi connectivity index (χ0) is 19.9. The first-order valence-corrected chi connectivity index (χ1v) is 9.25. The molecule has 2 aromatic carbocycles. The number of amides is 2. The van der Waals surface area contributed by atoms with Gasteiger partial charge in [0.2, 0.25) is 0 Å². The average molecular weight is 373 g/mol. The highest BCUT2D eigenvalue weighted by molar-refractivity contribution is 6.06. The molecule has 0 aliphatic carbocycles. The van der Waals surface area contributed by atoms with Gasteiger partial charge in [0.05, 0.1) is 0 Å². The zero-order valence-corrected chi connectivity index (χ0v) is 16.1. The molecule has 0 bridgehead atoms. The van der Waals surface area contributed by atoms with Gasteiger partial charge in [-0.2, -0.15) is 0 Å². The Kier molecular flexibility index (Phi) is 6.17. The Balaban J connectivity index is 1.74. The van der Waals surface area contributed by atoms with Gasteiger partial charge in [-0.25, -0.2) is 0 Å². The van der Waals surface area contributed by atoms with Gasteiger partial charge in [0, 0.05) is 30.5 Å². The summed E-state index contributed by atoms with van der Waals surface area (Å²) in [7, 11) is 0. The van der Waals surface area contributed by atoms with Crippen LogP contribution in [0, 0.1) is 6.92 Å². The van der Waals surface area contributed by atoms with Crippen LogP contribution in [0.2, 0.25) is 0 Å². The van der Waals surface area contributed by atoms with Crippen molar-refractivity contribution in [1.82, 2.24) is 10.3 Å². The molecule has 0 unspecified atom stereocenters. The van der Waals surface area contributed by atoms with Crippen LogP contribution in [0.4, 0.5) is 5.69 Å². The van der Waals surface area contributed by atoms with Crippen molar-refractivity contribution in [2.75, 3.05) is 11.4 Å². The van der Waals surface area contributed by atoms with Gasteiger partial charge in [-0.1, -0.05) is 48.0 Å². The van der Waals surface area contributed by atoms with E-state index in [1.165, 1.54) is 6.20 Å². The SMILES string of the molecule is CCN(C(=O)c1cc(C(=O)NCc2cccc(C)c2)ccn1)c1ccccc1. The van der Waals surface area contributed by atoms with E-state index in [1.54, 1.807) is 17.0 Å². The van der Waals surface area contributed by atoms with E-state index in [-0.39, 0.29) is 17.5 Å². The summed E-state index contributed by atoms with van der Waals surface area (Å²) in [6.07, 6.45) is 1.49. The van der Waals surface area contributed by atoms with E-state index >= 15 is 0 Å². The van der Waals surface area contributed by atoms with Crippen molar-refractivity contribution in [2.24, 2.45) is 0 Å². The fraction of sp³-hybridized carbons (Fsp3) is 0.174. The van der Waals surface area contributed by atoms with Crippen molar-refractivity contribution < 1.29 is 9.59 Å². The van der Waals surface area contributed by atoms with Crippen LogP contribution in [-0.4, -0.2) is 23.3 Å². The molecule has 0 radical (unpaired) electrons. The van der Waals surface area contributed by atoms with E-state index in [1.807, 2.05) is 68.4 Å². The highest BCUT2D eigenvalue weighted by Crippen LogP contribution is 2.16. The summed E-state index contributed by atoms with van der Waals surface area (Å²) < 4.78 is 0. The highest BCUT2D eigenvalue weighted by Gasteiger charge is 2.18. The molecule has 1 heterocycles. The summed E-state index contributed by atoms with van der Waals surface area (Å²) in [6, 6.07) is 20.5. The van der Waals surface area contributed by atoms with Crippen LogP contribution in [0.1, 0.15) is 38.9 Å². The summed E-state index contributed by atoms with van der Waals surface area (Å²) in [4.78, 5) is 31.2. The second kappa shape index (κ2) is 8.95. The number of rotatable bonds is 6. The molecular weight excluding hydrogens is 350 g/mol. The molecule has 5 heteroatoms. The lowest BCUT2D eigenvalue weighted by Gasteiger charge is -2.20. The molecule has 3 rings (SSSR count). The van der Waals surface area contributed by atoms with Gasteiger partial charge in [0.15, 0.2) is 0 Å². The van der Waals surface area contributed by atoms with Crippen LogP contribution in [0.25, 0.3) is 0 Å². The quantitative estimate of drug-likeness (QED) is 0.711. The summed E-state index contributed by atoms with van der Waals surface area (Å²) >= 11 is 0. The first-order valence-electron chi connectivity index (χ1n) is 9.25. The maximum atomic E-state index is 12.9. The number of benzene rings is 2. The minimum atomic E-state index is -0.235. The van der Waals surface area contributed by atoms with Crippen LogP contribution in [0.15, 0.2) is 72.9 Å². The minimum Gasteiger partial charge on any atom is -0.348 e. The number of aryl methyl sites for hydroxylation is 1. The second-order valence-electron chi connectivity index (χ2n) is 6.49. The van der Waals surface area contributed by atoms with Crippen LogP contribution < -0.4 is 10.2 Å². The zero-order valence-electron chi connectivity index (χ0n) is 16.1. The monoisotopic (exact) mass is 373 g/mol. The Morgan fingerprint density at radius 3 is 2.50 bits per heavy atom. The minimum absolute atomic E-state index is 0.234. The summed E-state index contributed by atoms with van der Waals surface area (Å²) in [5.74, 6) is -0.470. The number of anilines is 1. The van der Waals surface area contributed by atoms with Crippen molar-refractivity contribution in [1.29, 1.82) is 0 Å². The van der Waals surface area contributed by atoms with E-state index in [0.29, 0.717) is 18.7 Å². The van der Waals surface area contributed by atoms with Crippen molar-refractivity contribution in [3.8, 4) is 0 Å². The van der Waals surface area contributed by atoms with Crippen LogP contribution in [0.3, 0.4) is 0 Å². The van der Waals surface area contributed by atoms with E-state index < -0.39 is 0 Å². The number of hydrogen-bond acceptors (Lipinski definition) is 3.